The molecule has 1 fully saturated rings. The van der Waals surface area contributed by atoms with E-state index in [4.69, 9.17) is 16.6 Å². The van der Waals surface area contributed by atoms with E-state index in [0.717, 1.165) is 52.9 Å². The fraction of sp³-hybridized carbons (Fsp3) is 0.273. The number of hydrogen-bond donors (Lipinski definition) is 1. The average Bonchev–Trinajstić information content (AvgIpc) is 2.70. The van der Waals surface area contributed by atoms with Gasteiger partial charge in [-0.15, -0.1) is 0 Å². The molecule has 5 nitrogen and oxygen atoms in total. The molecule has 1 aliphatic rings. The molecule has 0 unspecified atom stereocenters. The Bertz CT molecular complexity index is 1050. The molecule has 0 atom stereocenters. The molecule has 0 saturated carbocycles. The highest BCUT2D eigenvalue weighted by molar-refractivity contribution is 9.10. The Morgan fingerprint density at radius 1 is 1.14 bits per heavy atom. The summed E-state index contributed by atoms with van der Waals surface area (Å²) in [4.78, 5) is 22.0. The number of fused-ring (bicyclic) bond motifs is 1. The van der Waals surface area contributed by atoms with Gasteiger partial charge < -0.3 is 15.1 Å². The van der Waals surface area contributed by atoms with Crippen LogP contribution in [0.4, 0.5) is 11.5 Å². The second kappa shape index (κ2) is 8.69. The molecule has 1 aromatic heterocycles. The van der Waals surface area contributed by atoms with E-state index in [-0.39, 0.29) is 12.3 Å². The molecule has 0 spiro atoms. The summed E-state index contributed by atoms with van der Waals surface area (Å²) in [5.74, 6) is 0.858. The van der Waals surface area contributed by atoms with Crippen molar-refractivity contribution in [2.24, 2.45) is 0 Å². The molecule has 1 aliphatic heterocycles. The Morgan fingerprint density at radius 2 is 1.90 bits per heavy atom. The van der Waals surface area contributed by atoms with Crippen molar-refractivity contribution in [2.45, 2.75) is 6.42 Å². The fourth-order valence-electron chi connectivity index (χ4n) is 3.48. The van der Waals surface area contributed by atoms with Crippen LogP contribution in [0.25, 0.3) is 10.9 Å². The van der Waals surface area contributed by atoms with E-state index in [9.17, 15) is 4.79 Å². The standard InChI is InChI=1S/C22H22BrClN4O/c1-27-8-10-28(11-9-27)21-7-6-17-18(23)13-16(14-20(17)26-21)25-22(29)12-15-4-2-3-5-19(15)24/h2-7,13-14H,8-12H2,1H3,(H,25,29). The number of piperazine rings is 1. The molecule has 2 heterocycles. The van der Waals surface area contributed by atoms with E-state index in [1.54, 1.807) is 6.07 Å². The number of carbonyl (C=O) groups is 1. The maximum atomic E-state index is 12.5. The van der Waals surface area contributed by atoms with Gasteiger partial charge in [-0.05, 0) is 42.9 Å². The van der Waals surface area contributed by atoms with Gasteiger partial charge in [0.25, 0.3) is 0 Å². The van der Waals surface area contributed by atoms with E-state index in [2.05, 4.69) is 50.2 Å². The normalized spacial score (nSPS) is 14.9. The monoisotopic (exact) mass is 472 g/mol. The summed E-state index contributed by atoms with van der Waals surface area (Å²) in [5, 5.41) is 4.59. The highest BCUT2D eigenvalue weighted by Crippen LogP contribution is 2.29. The topological polar surface area (TPSA) is 48.5 Å². The van der Waals surface area contributed by atoms with Crippen LogP contribution >= 0.6 is 27.5 Å². The third-order valence-corrected chi connectivity index (χ3v) is 6.19. The van der Waals surface area contributed by atoms with Crippen molar-refractivity contribution in [2.75, 3.05) is 43.4 Å². The van der Waals surface area contributed by atoms with Crippen LogP contribution in [0.3, 0.4) is 0 Å². The van der Waals surface area contributed by atoms with E-state index in [1.165, 1.54) is 0 Å². The minimum atomic E-state index is -0.112. The lowest BCUT2D eigenvalue weighted by atomic mass is 10.1. The van der Waals surface area contributed by atoms with E-state index < -0.39 is 0 Å². The van der Waals surface area contributed by atoms with Crippen molar-refractivity contribution in [1.82, 2.24) is 9.88 Å². The smallest absolute Gasteiger partial charge is 0.228 e. The van der Waals surface area contributed by atoms with E-state index in [0.29, 0.717) is 10.7 Å². The lowest BCUT2D eigenvalue weighted by molar-refractivity contribution is -0.115. The number of anilines is 2. The third kappa shape index (κ3) is 4.71. The third-order valence-electron chi connectivity index (χ3n) is 5.16. The molecular weight excluding hydrogens is 452 g/mol. The molecular formula is C22H22BrClN4O. The molecule has 4 rings (SSSR count). The molecule has 1 N–H and O–H groups in total. The van der Waals surface area contributed by atoms with Crippen LogP contribution in [-0.2, 0) is 11.2 Å². The summed E-state index contributed by atoms with van der Waals surface area (Å²) < 4.78 is 0.903. The van der Waals surface area contributed by atoms with Crippen LogP contribution in [0.15, 0.2) is 53.0 Å². The molecule has 1 saturated heterocycles. The highest BCUT2D eigenvalue weighted by Gasteiger charge is 2.16. The SMILES string of the molecule is CN1CCN(c2ccc3c(Br)cc(NC(=O)Cc4ccccc4Cl)cc3n2)CC1. The van der Waals surface area contributed by atoms with E-state index in [1.807, 2.05) is 30.3 Å². The van der Waals surface area contributed by atoms with Gasteiger partial charge in [0.05, 0.1) is 11.9 Å². The molecule has 2 aromatic carbocycles. The molecule has 29 heavy (non-hydrogen) atoms. The molecule has 1 amide bonds. The van der Waals surface area contributed by atoms with Gasteiger partial charge in [-0.1, -0.05) is 45.7 Å². The summed E-state index contributed by atoms with van der Waals surface area (Å²) in [5.41, 5.74) is 2.37. The molecule has 0 bridgehead atoms. The predicted molar refractivity (Wildman–Crippen MR) is 123 cm³/mol. The summed E-state index contributed by atoms with van der Waals surface area (Å²) >= 11 is 9.78. The maximum absolute atomic E-state index is 12.5. The van der Waals surface area contributed by atoms with Crippen LogP contribution in [0.1, 0.15) is 5.56 Å². The number of nitrogens with one attached hydrogen (secondary N) is 1. The maximum Gasteiger partial charge on any atom is 0.228 e. The first-order valence-corrected chi connectivity index (χ1v) is 10.7. The Hall–Kier alpha value is -2.15. The second-order valence-electron chi connectivity index (χ2n) is 7.30. The first kappa shape index (κ1) is 20.1. The lowest BCUT2D eigenvalue weighted by Crippen LogP contribution is -2.44. The first-order valence-electron chi connectivity index (χ1n) is 9.56. The van der Waals surface area contributed by atoms with Crippen molar-refractivity contribution in [3.05, 3.63) is 63.6 Å². The summed E-state index contributed by atoms with van der Waals surface area (Å²) in [6.07, 6.45) is 0.226. The molecule has 0 aliphatic carbocycles. The Kier molecular flexibility index (Phi) is 6.04. The highest BCUT2D eigenvalue weighted by atomic mass is 79.9. The number of rotatable bonds is 4. The van der Waals surface area contributed by atoms with Crippen LogP contribution in [0.5, 0.6) is 0 Å². The molecule has 3 aromatic rings. The number of amides is 1. The number of aromatic nitrogens is 1. The zero-order chi connectivity index (χ0) is 20.4. The molecule has 0 radical (unpaired) electrons. The average molecular weight is 474 g/mol. The number of pyridine rings is 1. The van der Waals surface area contributed by atoms with Gasteiger partial charge in [-0.3, -0.25) is 4.79 Å². The van der Waals surface area contributed by atoms with Gasteiger partial charge in [-0.2, -0.15) is 0 Å². The first-order chi connectivity index (χ1) is 14.0. The van der Waals surface area contributed by atoms with Gasteiger partial charge in [0, 0.05) is 46.7 Å². The van der Waals surface area contributed by atoms with E-state index >= 15 is 0 Å². The van der Waals surface area contributed by atoms with Gasteiger partial charge in [0.2, 0.25) is 5.91 Å². The summed E-state index contributed by atoms with van der Waals surface area (Å²) in [6, 6.07) is 15.4. The van der Waals surface area contributed by atoms with Gasteiger partial charge >= 0.3 is 0 Å². The van der Waals surface area contributed by atoms with Crippen molar-refractivity contribution >= 4 is 55.8 Å². The number of nitrogens with zero attached hydrogens (tertiary/aromatic N) is 3. The van der Waals surface area contributed by atoms with Crippen molar-refractivity contribution in [3.63, 3.8) is 0 Å². The van der Waals surface area contributed by atoms with Crippen molar-refractivity contribution in [1.29, 1.82) is 0 Å². The second-order valence-corrected chi connectivity index (χ2v) is 8.56. The van der Waals surface area contributed by atoms with Crippen LogP contribution in [0.2, 0.25) is 5.02 Å². The fourth-order valence-corrected chi connectivity index (χ4v) is 4.27. The van der Waals surface area contributed by atoms with Gasteiger partial charge in [-0.25, -0.2) is 4.98 Å². The molecule has 7 heteroatoms. The largest absolute Gasteiger partial charge is 0.354 e. The summed E-state index contributed by atoms with van der Waals surface area (Å²) in [7, 11) is 2.14. The zero-order valence-electron chi connectivity index (χ0n) is 16.2. The Morgan fingerprint density at radius 3 is 2.66 bits per heavy atom. The Labute approximate surface area is 183 Å². The van der Waals surface area contributed by atoms with Crippen molar-refractivity contribution < 1.29 is 4.79 Å². The lowest BCUT2D eigenvalue weighted by Gasteiger charge is -2.33. The Balaban J connectivity index is 1.55. The zero-order valence-corrected chi connectivity index (χ0v) is 18.5. The molecule has 150 valence electrons. The van der Waals surface area contributed by atoms with Crippen LogP contribution in [0, 0.1) is 0 Å². The number of hydrogen-bond acceptors (Lipinski definition) is 4. The van der Waals surface area contributed by atoms with Gasteiger partial charge in [0.15, 0.2) is 0 Å². The van der Waals surface area contributed by atoms with Crippen LogP contribution < -0.4 is 10.2 Å². The summed E-state index contributed by atoms with van der Waals surface area (Å²) in [6.45, 7) is 3.98. The van der Waals surface area contributed by atoms with Gasteiger partial charge in [0.1, 0.15) is 5.82 Å². The van der Waals surface area contributed by atoms with Crippen molar-refractivity contribution in [3.8, 4) is 0 Å². The number of likely N-dealkylation sites (N-methyl/N-ethyl adjacent to an activating group) is 1. The number of halogens is 2. The number of benzene rings is 2. The predicted octanol–water partition coefficient (Wildman–Crippen LogP) is 4.58. The van der Waals surface area contributed by atoms with Crippen LogP contribution in [-0.4, -0.2) is 49.0 Å². The number of carbonyl (C=O) groups excluding carboxylic acids is 1. The minimum Gasteiger partial charge on any atom is -0.354 e. The quantitative estimate of drug-likeness (QED) is 0.602. The minimum absolute atomic E-state index is 0.112.